The van der Waals surface area contributed by atoms with Gasteiger partial charge < -0.3 is 15.0 Å². The highest BCUT2D eigenvalue weighted by Crippen LogP contribution is 2.14. The molecule has 26 heavy (non-hydrogen) atoms. The number of amides is 1. The van der Waals surface area contributed by atoms with E-state index in [0.717, 1.165) is 38.4 Å². The average Bonchev–Trinajstić information content (AvgIpc) is 2.69. The maximum absolute atomic E-state index is 12.8. The van der Waals surface area contributed by atoms with Gasteiger partial charge in [-0.05, 0) is 30.7 Å². The summed E-state index contributed by atoms with van der Waals surface area (Å²) in [6.45, 7) is 6.28. The molecule has 0 spiro atoms. The summed E-state index contributed by atoms with van der Waals surface area (Å²) in [5.74, 6) is -0.152. The summed E-state index contributed by atoms with van der Waals surface area (Å²) >= 11 is 0. The van der Waals surface area contributed by atoms with Gasteiger partial charge in [0.2, 0.25) is 0 Å². The van der Waals surface area contributed by atoms with Crippen molar-refractivity contribution in [2.24, 2.45) is 0 Å². The zero-order valence-electron chi connectivity index (χ0n) is 15.0. The summed E-state index contributed by atoms with van der Waals surface area (Å²) in [5, 5.41) is 12.2. The number of carbonyl (C=O) groups is 1. The molecule has 1 aliphatic heterocycles. The SMILES string of the molecule is Cc1ccc([C@@H](C[NH+]2CCOCC2)NC(=O)c2cccc(C#N)c2)cc1. The number of carbonyl (C=O) groups excluding carboxylic acids is 1. The number of nitrogens with one attached hydrogen (secondary N) is 2. The van der Waals surface area contributed by atoms with Gasteiger partial charge in [-0.1, -0.05) is 35.9 Å². The molecule has 1 atom stereocenters. The minimum Gasteiger partial charge on any atom is -0.370 e. The Morgan fingerprint density at radius 1 is 1.23 bits per heavy atom. The van der Waals surface area contributed by atoms with Crippen molar-refractivity contribution in [1.82, 2.24) is 5.32 Å². The van der Waals surface area contributed by atoms with Crippen molar-refractivity contribution in [2.75, 3.05) is 32.8 Å². The van der Waals surface area contributed by atoms with Crippen molar-refractivity contribution < 1.29 is 14.4 Å². The van der Waals surface area contributed by atoms with Gasteiger partial charge in [-0.25, -0.2) is 0 Å². The second-order valence-electron chi connectivity index (χ2n) is 6.70. The molecule has 5 nitrogen and oxygen atoms in total. The highest BCUT2D eigenvalue weighted by atomic mass is 16.5. The molecule has 0 radical (unpaired) electrons. The summed E-state index contributed by atoms with van der Waals surface area (Å²) in [5.41, 5.74) is 3.29. The molecule has 1 heterocycles. The lowest BCUT2D eigenvalue weighted by molar-refractivity contribution is -0.909. The summed E-state index contributed by atoms with van der Waals surface area (Å²) in [6.07, 6.45) is 0. The van der Waals surface area contributed by atoms with Gasteiger partial charge in [-0.15, -0.1) is 0 Å². The molecule has 0 aromatic heterocycles. The molecule has 134 valence electrons. The van der Waals surface area contributed by atoms with Crippen LogP contribution in [-0.4, -0.2) is 38.8 Å². The third kappa shape index (κ3) is 4.69. The molecule has 2 aromatic carbocycles. The van der Waals surface area contributed by atoms with E-state index >= 15 is 0 Å². The van der Waals surface area contributed by atoms with Crippen molar-refractivity contribution in [3.05, 3.63) is 70.8 Å². The van der Waals surface area contributed by atoms with Crippen LogP contribution in [0.1, 0.15) is 33.1 Å². The first kappa shape index (κ1) is 18.1. The fraction of sp³-hybridized carbons (Fsp3) is 0.333. The van der Waals surface area contributed by atoms with Crippen molar-refractivity contribution in [3.63, 3.8) is 0 Å². The highest BCUT2D eigenvalue weighted by molar-refractivity contribution is 5.94. The molecule has 5 heteroatoms. The standard InChI is InChI=1S/C21H23N3O2/c1-16-5-7-18(8-6-16)20(15-24-9-11-26-12-10-24)23-21(25)19-4-2-3-17(13-19)14-22/h2-8,13,20H,9-12,15H2,1H3,(H,23,25)/p+1/t20-/m1/s1. The van der Waals surface area contributed by atoms with Crippen molar-refractivity contribution in [3.8, 4) is 6.07 Å². The van der Waals surface area contributed by atoms with Crippen molar-refractivity contribution in [1.29, 1.82) is 5.26 Å². The van der Waals surface area contributed by atoms with Crippen molar-refractivity contribution in [2.45, 2.75) is 13.0 Å². The number of rotatable bonds is 5. The Hall–Kier alpha value is -2.68. The Balaban J connectivity index is 1.78. The van der Waals surface area contributed by atoms with Crippen LogP contribution in [0.3, 0.4) is 0 Å². The van der Waals surface area contributed by atoms with E-state index in [2.05, 4.69) is 42.6 Å². The molecule has 1 aliphatic rings. The third-order valence-electron chi connectivity index (χ3n) is 4.73. The number of aryl methyl sites for hydroxylation is 1. The predicted octanol–water partition coefficient (Wildman–Crippen LogP) is 1.25. The van der Waals surface area contributed by atoms with Gasteiger partial charge in [0.1, 0.15) is 25.7 Å². The molecule has 0 aliphatic carbocycles. The quantitative estimate of drug-likeness (QED) is 0.853. The molecule has 2 aromatic rings. The van der Waals surface area contributed by atoms with Crippen LogP contribution >= 0.6 is 0 Å². The molecule has 1 amide bonds. The van der Waals surface area contributed by atoms with Crippen LogP contribution in [0.15, 0.2) is 48.5 Å². The van der Waals surface area contributed by atoms with E-state index in [1.54, 1.807) is 24.3 Å². The molecule has 2 N–H and O–H groups in total. The van der Waals surface area contributed by atoms with E-state index in [1.165, 1.54) is 10.5 Å². The van der Waals surface area contributed by atoms with Crippen LogP contribution in [0.2, 0.25) is 0 Å². The van der Waals surface area contributed by atoms with Gasteiger partial charge in [0.15, 0.2) is 0 Å². The monoisotopic (exact) mass is 350 g/mol. The minimum absolute atomic E-state index is 0.0815. The molecule has 3 rings (SSSR count). The minimum atomic E-state index is -0.152. The highest BCUT2D eigenvalue weighted by Gasteiger charge is 2.23. The number of hydrogen-bond donors (Lipinski definition) is 2. The van der Waals surface area contributed by atoms with E-state index in [1.807, 2.05) is 0 Å². The van der Waals surface area contributed by atoms with E-state index in [0.29, 0.717) is 11.1 Å². The fourth-order valence-corrected chi connectivity index (χ4v) is 3.18. The Bertz CT molecular complexity index is 790. The van der Waals surface area contributed by atoms with Gasteiger partial charge in [-0.3, -0.25) is 4.79 Å². The Morgan fingerprint density at radius 2 is 1.96 bits per heavy atom. The summed E-state index contributed by atoms with van der Waals surface area (Å²) in [7, 11) is 0. The number of nitriles is 1. The Morgan fingerprint density at radius 3 is 2.65 bits per heavy atom. The summed E-state index contributed by atoms with van der Waals surface area (Å²) < 4.78 is 5.44. The normalized spacial score (nSPS) is 15.8. The Labute approximate surface area is 154 Å². The van der Waals surface area contributed by atoms with Gasteiger partial charge in [0, 0.05) is 5.56 Å². The van der Waals surface area contributed by atoms with Crippen LogP contribution in [-0.2, 0) is 4.74 Å². The number of nitrogens with zero attached hydrogens (tertiary/aromatic N) is 1. The van der Waals surface area contributed by atoms with Crippen LogP contribution in [0.5, 0.6) is 0 Å². The van der Waals surface area contributed by atoms with Crippen LogP contribution in [0.25, 0.3) is 0 Å². The number of quaternary nitrogens is 1. The first-order valence-corrected chi connectivity index (χ1v) is 8.94. The van der Waals surface area contributed by atoms with Crippen LogP contribution in [0, 0.1) is 18.3 Å². The van der Waals surface area contributed by atoms with Gasteiger partial charge in [-0.2, -0.15) is 5.26 Å². The number of hydrogen-bond acceptors (Lipinski definition) is 3. The molecule has 1 saturated heterocycles. The van der Waals surface area contributed by atoms with Gasteiger partial charge in [0.05, 0.1) is 24.8 Å². The number of benzene rings is 2. The van der Waals surface area contributed by atoms with Crippen LogP contribution in [0.4, 0.5) is 0 Å². The smallest absolute Gasteiger partial charge is 0.252 e. The number of morpholine rings is 1. The molecule has 1 fully saturated rings. The molecular formula is C21H24N3O2+. The lowest BCUT2D eigenvalue weighted by atomic mass is 10.0. The zero-order chi connectivity index (χ0) is 18.4. The largest absolute Gasteiger partial charge is 0.370 e. The lowest BCUT2D eigenvalue weighted by Crippen LogP contribution is -3.14. The molecule has 0 saturated carbocycles. The second kappa shape index (κ2) is 8.61. The van der Waals surface area contributed by atoms with E-state index in [4.69, 9.17) is 10.00 Å². The molecule has 0 bridgehead atoms. The maximum atomic E-state index is 12.8. The third-order valence-corrected chi connectivity index (χ3v) is 4.73. The van der Waals surface area contributed by atoms with Crippen LogP contribution < -0.4 is 10.2 Å². The van der Waals surface area contributed by atoms with E-state index in [-0.39, 0.29) is 11.9 Å². The average molecular weight is 350 g/mol. The van der Waals surface area contributed by atoms with Crippen molar-refractivity contribution >= 4 is 5.91 Å². The zero-order valence-corrected chi connectivity index (χ0v) is 15.0. The van der Waals surface area contributed by atoms with E-state index in [9.17, 15) is 4.79 Å². The number of ether oxygens (including phenoxy) is 1. The van der Waals surface area contributed by atoms with Gasteiger partial charge in [0.25, 0.3) is 5.91 Å². The van der Waals surface area contributed by atoms with E-state index < -0.39 is 0 Å². The maximum Gasteiger partial charge on any atom is 0.252 e. The Kier molecular flexibility index (Phi) is 6.00. The lowest BCUT2D eigenvalue weighted by Gasteiger charge is -2.28. The summed E-state index contributed by atoms with van der Waals surface area (Å²) in [4.78, 5) is 14.2. The molecular weight excluding hydrogens is 326 g/mol. The second-order valence-corrected chi connectivity index (χ2v) is 6.70. The first-order valence-electron chi connectivity index (χ1n) is 8.94. The van der Waals surface area contributed by atoms with Gasteiger partial charge >= 0.3 is 0 Å². The topological polar surface area (TPSA) is 66.6 Å². The fourth-order valence-electron chi connectivity index (χ4n) is 3.18. The first-order chi connectivity index (χ1) is 12.7. The summed E-state index contributed by atoms with van der Waals surface area (Å²) in [6, 6.07) is 17.1. The predicted molar refractivity (Wildman–Crippen MR) is 98.9 cm³/mol. The molecule has 0 unspecified atom stereocenters.